The molecule has 7 heteroatoms. The first-order valence-corrected chi connectivity index (χ1v) is 9.54. The zero-order valence-corrected chi connectivity index (χ0v) is 14.6. The van der Waals surface area contributed by atoms with E-state index in [2.05, 4.69) is 4.72 Å². The molecule has 128 valence electrons. The lowest BCUT2D eigenvalue weighted by Crippen LogP contribution is -2.39. The van der Waals surface area contributed by atoms with Gasteiger partial charge in [0.15, 0.2) is 0 Å². The van der Waals surface area contributed by atoms with E-state index in [0.717, 1.165) is 12.0 Å². The number of aromatic nitrogens is 1. The smallest absolute Gasteiger partial charge is 0.270 e. The minimum Gasteiger partial charge on any atom is -0.340 e. The largest absolute Gasteiger partial charge is 0.340 e. The number of sulfonamides is 1. The van der Waals surface area contributed by atoms with Crippen LogP contribution in [0.4, 0.5) is 5.69 Å². The lowest BCUT2D eigenvalue weighted by molar-refractivity contribution is 0.0715. The van der Waals surface area contributed by atoms with Crippen molar-refractivity contribution in [3.05, 3.63) is 47.8 Å². The summed E-state index contributed by atoms with van der Waals surface area (Å²) in [6, 6.07) is 8.77. The van der Waals surface area contributed by atoms with Gasteiger partial charge in [-0.1, -0.05) is 19.1 Å². The number of nitrogens with zero attached hydrogens (tertiary/aromatic N) is 2. The number of amides is 1. The van der Waals surface area contributed by atoms with Gasteiger partial charge in [-0.25, -0.2) is 8.42 Å². The number of hydrogen-bond acceptors (Lipinski definition) is 3. The maximum absolute atomic E-state index is 12.6. The van der Waals surface area contributed by atoms with Gasteiger partial charge in [0.05, 0.1) is 0 Å². The summed E-state index contributed by atoms with van der Waals surface area (Å²) in [6.07, 6.45) is 2.36. The van der Waals surface area contributed by atoms with Crippen LogP contribution in [-0.2, 0) is 23.0 Å². The highest BCUT2D eigenvalue weighted by molar-refractivity contribution is 7.92. The average Bonchev–Trinajstić information content (AvgIpc) is 3.01. The molecule has 0 unspecified atom stereocenters. The summed E-state index contributed by atoms with van der Waals surface area (Å²) >= 11 is 0. The molecule has 1 aromatic heterocycles. The molecular weight excluding hydrogens is 326 g/mol. The molecule has 3 rings (SSSR count). The van der Waals surface area contributed by atoms with Gasteiger partial charge in [0.2, 0.25) is 0 Å². The van der Waals surface area contributed by atoms with E-state index in [4.69, 9.17) is 0 Å². The van der Waals surface area contributed by atoms with Gasteiger partial charge >= 0.3 is 0 Å². The minimum atomic E-state index is -3.72. The number of nitrogens with one attached hydrogen (secondary N) is 1. The number of rotatable bonds is 5. The molecule has 0 spiro atoms. The van der Waals surface area contributed by atoms with Gasteiger partial charge in [0, 0.05) is 31.5 Å². The second-order valence-corrected chi connectivity index (χ2v) is 7.48. The SMILES string of the molecule is CCc1cccc(NS(=O)(=O)c2cc3n(c2)CCN(CC)C3=O)c1. The molecule has 0 atom stereocenters. The van der Waals surface area contributed by atoms with Gasteiger partial charge in [-0.05, 0) is 37.1 Å². The Morgan fingerprint density at radius 3 is 2.67 bits per heavy atom. The van der Waals surface area contributed by atoms with E-state index in [1.807, 2.05) is 32.0 Å². The van der Waals surface area contributed by atoms with Crippen LogP contribution in [0.3, 0.4) is 0 Å². The molecule has 0 fully saturated rings. The van der Waals surface area contributed by atoms with Crippen LogP contribution in [0.25, 0.3) is 0 Å². The summed E-state index contributed by atoms with van der Waals surface area (Å²) in [5.74, 6) is -0.127. The van der Waals surface area contributed by atoms with Crippen LogP contribution in [-0.4, -0.2) is 36.9 Å². The lowest BCUT2D eigenvalue weighted by atomic mass is 10.1. The summed E-state index contributed by atoms with van der Waals surface area (Å²) in [4.78, 5) is 14.1. The van der Waals surface area contributed by atoms with Crippen LogP contribution < -0.4 is 4.72 Å². The third kappa shape index (κ3) is 3.03. The zero-order chi connectivity index (χ0) is 17.3. The number of aryl methyl sites for hydroxylation is 1. The normalized spacial score (nSPS) is 14.6. The van der Waals surface area contributed by atoms with Crippen molar-refractivity contribution in [3.8, 4) is 0 Å². The van der Waals surface area contributed by atoms with Crippen molar-refractivity contribution in [1.29, 1.82) is 0 Å². The summed E-state index contributed by atoms with van der Waals surface area (Å²) in [7, 11) is -3.72. The van der Waals surface area contributed by atoms with Crippen LogP contribution in [0.15, 0.2) is 41.4 Å². The third-order valence-corrected chi connectivity index (χ3v) is 5.62. The maximum atomic E-state index is 12.6. The van der Waals surface area contributed by atoms with E-state index in [1.165, 1.54) is 12.3 Å². The molecule has 0 radical (unpaired) electrons. The summed E-state index contributed by atoms with van der Waals surface area (Å²) in [5.41, 5.74) is 2.01. The van der Waals surface area contributed by atoms with E-state index >= 15 is 0 Å². The molecule has 2 aromatic rings. The van der Waals surface area contributed by atoms with Gasteiger partial charge in [0.1, 0.15) is 10.6 Å². The molecule has 24 heavy (non-hydrogen) atoms. The average molecular weight is 347 g/mol. The second kappa shape index (κ2) is 6.32. The van der Waals surface area contributed by atoms with E-state index in [9.17, 15) is 13.2 Å². The zero-order valence-electron chi connectivity index (χ0n) is 13.8. The lowest BCUT2D eigenvalue weighted by Gasteiger charge is -2.26. The predicted molar refractivity (Wildman–Crippen MR) is 92.6 cm³/mol. The summed E-state index contributed by atoms with van der Waals surface area (Å²) in [5, 5.41) is 0. The highest BCUT2D eigenvalue weighted by atomic mass is 32.2. The minimum absolute atomic E-state index is 0.116. The van der Waals surface area contributed by atoms with Crippen molar-refractivity contribution in [2.45, 2.75) is 31.7 Å². The first-order valence-electron chi connectivity index (χ1n) is 8.05. The van der Waals surface area contributed by atoms with E-state index in [0.29, 0.717) is 31.0 Å². The van der Waals surface area contributed by atoms with Crippen molar-refractivity contribution in [3.63, 3.8) is 0 Å². The molecular formula is C17H21N3O3S. The van der Waals surface area contributed by atoms with Crippen molar-refractivity contribution >= 4 is 21.6 Å². The van der Waals surface area contributed by atoms with Gasteiger partial charge in [-0.3, -0.25) is 9.52 Å². The number of fused-ring (bicyclic) bond motifs is 1. The molecule has 0 aliphatic carbocycles. The number of hydrogen-bond donors (Lipinski definition) is 1. The van der Waals surface area contributed by atoms with E-state index < -0.39 is 10.0 Å². The highest BCUT2D eigenvalue weighted by Gasteiger charge is 2.27. The number of benzene rings is 1. The Bertz CT molecular complexity index is 871. The Kier molecular flexibility index (Phi) is 4.36. The quantitative estimate of drug-likeness (QED) is 0.902. The number of carbonyl (C=O) groups excluding carboxylic acids is 1. The van der Waals surface area contributed by atoms with E-state index in [1.54, 1.807) is 15.5 Å². The fraction of sp³-hybridized carbons (Fsp3) is 0.353. The molecule has 0 bridgehead atoms. The van der Waals surface area contributed by atoms with Crippen LogP contribution >= 0.6 is 0 Å². The van der Waals surface area contributed by atoms with Crippen molar-refractivity contribution < 1.29 is 13.2 Å². The fourth-order valence-corrected chi connectivity index (χ4v) is 3.95. The van der Waals surface area contributed by atoms with Crippen molar-refractivity contribution in [2.75, 3.05) is 17.8 Å². The predicted octanol–water partition coefficient (Wildman–Crippen LogP) is 2.33. The first kappa shape index (κ1) is 16.6. The van der Waals surface area contributed by atoms with Crippen LogP contribution in [0.1, 0.15) is 29.9 Å². The Labute approximate surface area is 142 Å². The fourth-order valence-electron chi connectivity index (χ4n) is 2.86. The Morgan fingerprint density at radius 1 is 1.17 bits per heavy atom. The van der Waals surface area contributed by atoms with Crippen LogP contribution in [0, 0.1) is 0 Å². The summed E-state index contributed by atoms with van der Waals surface area (Å²) < 4.78 is 29.6. The number of likely N-dealkylation sites (N-methyl/N-ethyl adjacent to an activating group) is 1. The molecule has 1 aliphatic heterocycles. The van der Waals surface area contributed by atoms with Gasteiger partial charge in [0.25, 0.3) is 15.9 Å². The molecule has 0 saturated carbocycles. The van der Waals surface area contributed by atoms with E-state index in [-0.39, 0.29) is 10.8 Å². The summed E-state index contributed by atoms with van der Waals surface area (Å²) in [6.45, 7) is 5.75. The maximum Gasteiger partial charge on any atom is 0.270 e. The highest BCUT2D eigenvalue weighted by Crippen LogP contribution is 2.22. The Hall–Kier alpha value is -2.28. The second-order valence-electron chi connectivity index (χ2n) is 5.80. The molecule has 1 N–H and O–H groups in total. The standard InChI is InChI=1S/C17H21N3O3S/c1-3-13-6-5-7-14(10-13)18-24(22,23)15-11-16-17(21)19(4-2)8-9-20(16)12-15/h5-7,10-12,18H,3-4,8-9H2,1-2H3. The van der Waals surface area contributed by atoms with Crippen LogP contribution in [0.5, 0.6) is 0 Å². The molecule has 0 saturated heterocycles. The molecule has 2 heterocycles. The van der Waals surface area contributed by atoms with Gasteiger partial charge in [-0.2, -0.15) is 0 Å². The number of anilines is 1. The van der Waals surface area contributed by atoms with Crippen molar-refractivity contribution in [2.24, 2.45) is 0 Å². The van der Waals surface area contributed by atoms with Crippen molar-refractivity contribution in [1.82, 2.24) is 9.47 Å². The van der Waals surface area contributed by atoms with Crippen LogP contribution in [0.2, 0.25) is 0 Å². The molecule has 1 aliphatic rings. The molecule has 6 nitrogen and oxygen atoms in total. The Balaban J connectivity index is 1.90. The topological polar surface area (TPSA) is 71.4 Å². The number of carbonyl (C=O) groups is 1. The molecule has 1 aromatic carbocycles. The third-order valence-electron chi connectivity index (χ3n) is 4.27. The monoisotopic (exact) mass is 347 g/mol. The first-order chi connectivity index (χ1) is 11.4. The molecule has 1 amide bonds. The Morgan fingerprint density at radius 2 is 1.96 bits per heavy atom. The van der Waals surface area contributed by atoms with Gasteiger partial charge < -0.3 is 9.47 Å². The van der Waals surface area contributed by atoms with Gasteiger partial charge in [-0.15, -0.1) is 0 Å².